The highest BCUT2D eigenvalue weighted by Crippen LogP contribution is 2.37. The standard InChI is InChI=1S/C22H22N2O3.2C22H23NO3.C21H20N2O3/c25-14-18-20(26)10-3-11-21(18)27-15-16-6-4-12-23-22(16)19-9-5-13-24(19)17-7-1-2-8-17;1-16-7-6-10-22(21(16)14-24)26-15-19-13-23(17(2)25)12-11-20(19)18-8-4-3-5-9-18;1-16-7-6-10-22(21(16)14-24)26-15-19-11-12-23(17(2)25)13-20(19)18-8-4-3-5-9-18;1-4-15-12-20(25-3)23-13-19(15)26-14-17-6-5-11-22-21(17)16-7-9-18(24-2)10-8-16/h3-6,9-14,17,26H,1-2,7-8,15H2;2*3-10,14H,11-13,15H2,1-2H3;4-13H,1,14H2,2-3H3. The molecular weight excluding hydrogens is 1320 g/mol. The van der Waals surface area contributed by atoms with Crippen molar-refractivity contribution >= 4 is 47.9 Å². The van der Waals surface area contributed by atoms with E-state index >= 15 is 0 Å². The van der Waals surface area contributed by atoms with Crippen LogP contribution in [-0.2, 0) is 22.8 Å². The summed E-state index contributed by atoms with van der Waals surface area (Å²) < 4.78 is 36.5. The molecule has 18 nitrogen and oxygen atoms in total. The molecule has 10 aromatic rings. The number of ether oxygens (including phenoxy) is 6. The van der Waals surface area contributed by atoms with Gasteiger partial charge in [0.05, 0.1) is 54.2 Å². The zero-order chi connectivity index (χ0) is 74.0. The highest BCUT2D eigenvalue weighted by atomic mass is 16.5. The molecule has 0 spiro atoms. The van der Waals surface area contributed by atoms with Gasteiger partial charge in [0.2, 0.25) is 17.7 Å². The van der Waals surface area contributed by atoms with Crippen LogP contribution in [0, 0.1) is 13.8 Å². The van der Waals surface area contributed by atoms with E-state index < -0.39 is 0 Å². The van der Waals surface area contributed by atoms with E-state index in [0.717, 1.165) is 104 Å². The Labute approximate surface area is 613 Å². The normalized spacial score (nSPS) is 13.3. The zero-order valence-electron chi connectivity index (χ0n) is 60.2. The van der Waals surface area contributed by atoms with Crippen LogP contribution in [0.25, 0.3) is 39.9 Å². The molecule has 2 amide bonds. The summed E-state index contributed by atoms with van der Waals surface area (Å²) in [6.07, 6.45) is 17.8. The average molecular weight is 1410 g/mol. The van der Waals surface area contributed by atoms with Crippen LogP contribution < -0.4 is 28.4 Å². The number of aryl methyl sites for hydroxylation is 2. The third kappa shape index (κ3) is 19.7. The van der Waals surface area contributed by atoms with Gasteiger partial charge in [-0.3, -0.25) is 33.9 Å². The number of hydrogen-bond acceptors (Lipinski definition) is 15. The maximum atomic E-state index is 11.8. The number of hydrogen-bond donors (Lipinski definition) is 1. The summed E-state index contributed by atoms with van der Waals surface area (Å²) >= 11 is 0. The van der Waals surface area contributed by atoms with Crippen LogP contribution in [0.2, 0.25) is 0 Å². The van der Waals surface area contributed by atoms with Crippen LogP contribution in [-0.4, -0.2) is 119 Å². The number of amides is 2. The largest absolute Gasteiger partial charge is 0.507 e. The summed E-state index contributed by atoms with van der Waals surface area (Å²) in [5.74, 6) is 3.60. The molecule has 0 saturated heterocycles. The number of aromatic hydroxyl groups is 1. The van der Waals surface area contributed by atoms with E-state index in [0.29, 0.717) is 98.3 Å². The minimum absolute atomic E-state index is 0.0683. The molecule has 1 saturated carbocycles. The highest BCUT2D eigenvalue weighted by Gasteiger charge is 2.26. The van der Waals surface area contributed by atoms with Gasteiger partial charge in [-0.1, -0.05) is 129 Å². The van der Waals surface area contributed by atoms with Crippen molar-refractivity contribution in [1.82, 2.24) is 29.3 Å². The van der Waals surface area contributed by atoms with Gasteiger partial charge in [0.15, 0.2) is 18.9 Å². The fourth-order valence-corrected chi connectivity index (χ4v) is 12.9. The van der Waals surface area contributed by atoms with Crippen molar-refractivity contribution in [3.05, 3.63) is 280 Å². The summed E-state index contributed by atoms with van der Waals surface area (Å²) in [6, 6.07) is 58.3. The fourth-order valence-electron chi connectivity index (χ4n) is 12.9. The Balaban J connectivity index is 0.000000150. The monoisotopic (exact) mass is 1410 g/mol. The number of pyridine rings is 3. The van der Waals surface area contributed by atoms with Crippen molar-refractivity contribution in [1.29, 1.82) is 0 Å². The van der Waals surface area contributed by atoms with Crippen LogP contribution >= 0.6 is 0 Å². The molecule has 6 aromatic carbocycles. The van der Waals surface area contributed by atoms with Crippen LogP contribution in [0.1, 0.15) is 128 Å². The second kappa shape index (κ2) is 37.7. The van der Waals surface area contributed by atoms with Gasteiger partial charge in [-0.25, -0.2) is 4.98 Å². The van der Waals surface area contributed by atoms with Gasteiger partial charge >= 0.3 is 0 Å². The highest BCUT2D eigenvalue weighted by molar-refractivity contribution is 5.85. The predicted octanol–water partition coefficient (Wildman–Crippen LogP) is 16.9. The Bertz CT molecular complexity index is 4700. The average Bonchev–Trinajstić information content (AvgIpc) is 1.77. The Hall–Kier alpha value is -12.2. The molecule has 1 aliphatic carbocycles. The molecule has 18 heteroatoms. The van der Waals surface area contributed by atoms with E-state index in [4.69, 9.17) is 28.4 Å². The summed E-state index contributed by atoms with van der Waals surface area (Å²) in [4.78, 5) is 74.6. The fraction of sp³-hybridized carbons (Fsp3) is 0.241. The minimum atomic E-state index is -0.0796. The number of rotatable bonds is 23. The number of carbonyl (C=O) groups excluding carboxylic acids is 5. The van der Waals surface area contributed by atoms with Crippen molar-refractivity contribution in [3.8, 4) is 63.0 Å². The number of aromatic nitrogens is 4. The Kier molecular flexibility index (Phi) is 27.1. The Morgan fingerprint density at radius 1 is 0.524 bits per heavy atom. The molecule has 105 heavy (non-hydrogen) atoms. The van der Waals surface area contributed by atoms with Gasteiger partial charge in [0, 0.05) is 93.0 Å². The third-order valence-electron chi connectivity index (χ3n) is 18.8. The van der Waals surface area contributed by atoms with Gasteiger partial charge in [0.25, 0.3) is 0 Å². The first-order chi connectivity index (χ1) is 51.2. The van der Waals surface area contributed by atoms with Crippen LogP contribution in [0.3, 0.4) is 0 Å². The zero-order valence-corrected chi connectivity index (χ0v) is 60.2. The number of nitrogens with zero attached hydrogens (tertiary/aromatic N) is 6. The molecule has 538 valence electrons. The van der Waals surface area contributed by atoms with Crippen molar-refractivity contribution in [3.63, 3.8) is 0 Å². The molecule has 13 rings (SSSR count). The number of benzene rings is 6. The molecule has 0 unspecified atom stereocenters. The SMILES string of the molecule is C=Cc1cc(OC)ncc1OCc1cccnc1-c1ccc(OC)cc1.CC(=O)N1CCC(COc2cccc(C)c2C=O)=C(c2ccccc2)C1.CC(=O)N1CCC(c2ccccc2)=C(COc2cccc(C)c2C=O)C1.O=Cc1c(O)cccc1OCc1cccnc1-c1cccn1C1CCCC1. The van der Waals surface area contributed by atoms with Gasteiger partial charge < -0.3 is 47.9 Å². The van der Waals surface area contributed by atoms with E-state index in [1.54, 1.807) is 70.9 Å². The summed E-state index contributed by atoms with van der Waals surface area (Å²) in [5, 5.41) is 9.82. The Morgan fingerprint density at radius 2 is 1.06 bits per heavy atom. The van der Waals surface area contributed by atoms with Crippen LogP contribution in [0.5, 0.6) is 40.4 Å². The van der Waals surface area contributed by atoms with Gasteiger partial charge in [0.1, 0.15) is 60.9 Å². The van der Waals surface area contributed by atoms with Crippen molar-refractivity contribution in [2.75, 3.05) is 53.6 Å². The van der Waals surface area contributed by atoms with E-state index in [-0.39, 0.29) is 29.7 Å². The Morgan fingerprint density at radius 3 is 1.64 bits per heavy atom. The molecule has 3 aliphatic rings. The van der Waals surface area contributed by atoms with Gasteiger partial charge in [-0.05, 0) is 157 Å². The smallest absolute Gasteiger partial charge is 0.219 e. The number of methoxy groups -OCH3 is 2. The lowest BCUT2D eigenvalue weighted by molar-refractivity contribution is -0.129. The number of phenols is 1. The van der Waals surface area contributed by atoms with Crippen LogP contribution in [0.15, 0.2) is 225 Å². The molecular formula is C87H88N6O12. The van der Waals surface area contributed by atoms with E-state index in [1.165, 1.54) is 42.9 Å². The number of phenolic OH excluding ortho intramolecular Hbond substituents is 1. The molecule has 1 N–H and O–H groups in total. The summed E-state index contributed by atoms with van der Waals surface area (Å²) in [7, 11) is 3.22. The lowest BCUT2D eigenvalue weighted by Gasteiger charge is -2.30. The van der Waals surface area contributed by atoms with Crippen LogP contribution in [0.4, 0.5) is 0 Å². The van der Waals surface area contributed by atoms with E-state index in [2.05, 4.69) is 68.7 Å². The third-order valence-corrected chi connectivity index (χ3v) is 18.8. The van der Waals surface area contributed by atoms with Crippen molar-refractivity contribution in [2.45, 2.75) is 85.5 Å². The van der Waals surface area contributed by atoms with E-state index in [1.807, 2.05) is 145 Å². The first-order valence-corrected chi connectivity index (χ1v) is 35.0. The molecule has 4 aromatic heterocycles. The van der Waals surface area contributed by atoms with Crippen molar-refractivity contribution in [2.24, 2.45) is 0 Å². The number of aldehydes is 3. The maximum Gasteiger partial charge on any atom is 0.219 e. The lowest BCUT2D eigenvalue weighted by Crippen LogP contribution is -2.36. The lowest BCUT2D eigenvalue weighted by atomic mass is 9.93. The minimum Gasteiger partial charge on any atom is -0.507 e. The second-order valence-corrected chi connectivity index (χ2v) is 25.4. The van der Waals surface area contributed by atoms with Gasteiger partial charge in [-0.2, -0.15) is 0 Å². The predicted molar refractivity (Wildman–Crippen MR) is 409 cm³/mol. The number of carbonyl (C=O) groups is 5. The van der Waals surface area contributed by atoms with Crippen molar-refractivity contribution < 1.29 is 57.5 Å². The van der Waals surface area contributed by atoms with E-state index in [9.17, 15) is 29.1 Å². The quantitative estimate of drug-likeness (QED) is 0.0590. The molecule has 0 atom stereocenters. The molecule has 2 aliphatic heterocycles. The summed E-state index contributed by atoms with van der Waals surface area (Å²) in [6.45, 7) is 14.8. The molecule has 1 fully saturated rings. The molecule has 0 radical (unpaired) electrons. The molecule has 0 bridgehead atoms. The topological polar surface area (TPSA) is 211 Å². The molecule has 6 heterocycles. The second-order valence-electron chi connectivity index (χ2n) is 25.4. The van der Waals surface area contributed by atoms with Gasteiger partial charge in [-0.15, -0.1) is 0 Å². The first kappa shape index (κ1) is 75.5. The maximum absolute atomic E-state index is 11.8. The first-order valence-electron chi connectivity index (χ1n) is 35.0. The summed E-state index contributed by atoms with van der Waals surface area (Å²) in [5.41, 5.74) is 16.6.